The van der Waals surface area contributed by atoms with Crippen molar-refractivity contribution in [2.45, 2.75) is 38.6 Å². The Kier molecular flexibility index (Phi) is 8.57. The predicted octanol–water partition coefficient (Wildman–Crippen LogP) is 4.43. The van der Waals surface area contributed by atoms with Crippen molar-refractivity contribution >= 4 is 24.0 Å². The maximum absolute atomic E-state index is 14.3. The fourth-order valence-electron chi connectivity index (χ4n) is 2.89. The third kappa shape index (κ3) is 5.10. The Hall–Kier alpha value is -0.350. The van der Waals surface area contributed by atoms with Gasteiger partial charge in [0.25, 0.3) is 0 Å². The van der Waals surface area contributed by atoms with E-state index < -0.39 is 0 Å². The topological polar surface area (TPSA) is 15.3 Å². The molecule has 1 aliphatic heterocycles. The number of unbranched alkanes of at least 4 members (excludes halogenated alkanes) is 2. The number of hydrogen-bond acceptors (Lipinski definition) is 2. The second-order valence-electron chi connectivity index (χ2n) is 5.44. The summed E-state index contributed by atoms with van der Waals surface area (Å²) < 4.78 is 14.3. The summed E-state index contributed by atoms with van der Waals surface area (Å²) in [6, 6.07) is 5.53. The summed E-state index contributed by atoms with van der Waals surface area (Å²) >= 11 is 5.95. The number of halogens is 3. The van der Waals surface area contributed by atoms with Crippen LogP contribution < -0.4 is 5.32 Å². The normalized spacial score (nSPS) is 17.3. The molecule has 120 valence electrons. The summed E-state index contributed by atoms with van der Waals surface area (Å²) in [5.74, 6) is -0.241. The van der Waals surface area contributed by atoms with Crippen LogP contribution in [0.25, 0.3) is 0 Å². The van der Waals surface area contributed by atoms with E-state index >= 15 is 0 Å². The molecule has 1 aromatic carbocycles. The maximum atomic E-state index is 14.3. The molecule has 1 atom stereocenters. The second kappa shape index (κ2) is 9.62. The molecule has 0 bridgehead atoms. The first-order chi connectivity index (χ1) is 9.74. The van der Waals surface area contributed by atoms with Crippen LogP contribution in [0, 0.1) is 5.82 Å². The average Bonchev–Trinajstić information content (AvgIpc) is 2.48. The SMILES string of the molecule is CCCCC[C@H](c1cccc(Cl)c1F)N1CCNCC1.Cl. The van der Waals surface area contributed by atoms with E-state index in [-0.39, 0.29) is 29.3 Å². The minimum Gasteiger partial charge on any atom is -0.314 e. The fraction of sp³-hybridized carbons (Fsp3) is 0.625. The van der Waals surface area contributed by atoms with Gasteiger partial charge in [-0.2, -0.15) is 0 Å². The third-order valence-electron chi connectivity index (χ3n) is 4.01. The first-order valence-electron chi connectivity index (χ1n) is 7.62. The Morgan fingerprint density at radius 2 is 2.00 bits per heavy atom. The third-order valence-corrected chi connectivity index (χ3v) is 4.31. The lowest BCUT2D eigenvalue weighted by Crippen LogP contribution is -2.45. The van der Waals surface area contributed by atoms with Gasteiger partial charge in [0.1, 0.15) is 5.82 Å². The number of nitrogens with one attached hydrogen (secondary N) is 1. The first-order valence-corrected chi connectivity index (χ1v) is 8.00. The Bertz CT molecular complexity index is 423. The molecule has 1 heterocycles. The van der Waals surface area contributed by atoms with Crippen molar-refractivity contribution in [2.24, 2.45) is 0 Å². The molecule has 1 aromatic rings. The molecule has 5 heteroatoms. The van der Waals surface area contributed by atoms with E-state index in [4.69, 9.17) is 11.6 Å². The molecule has 1 saturated heterocycles. The molecular formula is C16H25Cl2FN2. The number of rotatable bonds is 6. The molecule has 0 aliphatic carbocycles. The van der Waals surface area contributed by atoms with Crippen molar-refractivity contribution in [3.63, 3.8) is 0 Å². The molecule has 0 aromatic heterocycles. The largest absolute Gasteiger partial charge is 0.314 e. The number of benzene rings is 1. The lowest BCUT2D eigenvalue weighted by molar-refractivity contribution is 0.159. The van der Waals surface area contributed by atoms with Crippen molar-refractivity contribution in [3.05, 3.63) is 34.6 Å². The Labute approximate surface area is 138 Å². The lowest BCUT2D eigenvalue weighted by Gasteiger charge is -2.35. The van der Waals surface area contributed by atoms with Gasteiger partial charge in [-0.05, 0) is 12.5 Å². The van der Waals surface area contributed by atoms with E-state index in [0.717, 1.165) is 44.6 Å². The Balaban J connectivity index is 0.00000220. The van der Waals surface area contributed by atoms with Gasteiger partial charge in [-0.1, -0.05) is 49.9 Å². The van der Waals surface area contributed by atoms with Crippen molar-refractivity contribution in [3.8, 4) is 0 Å². The highest BCUT2D eigenvalue weighted by Gasteiger charge is 2.24. The summed E-state index contributed by atoms with van der Waals surface area (Å²) in [6.07, 6.45) is 4.53. The summed E-state index contributed by atoms with van der Waals surface area (Å²) in [4.78, 5) is 2.39. The van der Waals surface area contributed by atoms with Crippen LogP contribution in [0.3, 0.4) is 0 Å². The quantitative estimate of drug-likeness (QED) is 0.774. The maximum Gasteiger partial charge on any atom is 0.146 e. The predicted molar refractivity (Wildman–Crippen MR) is 90.0 cm³/mol. The van der Waals surface area contributed by atoms with Crippen LogP contribution in [0.4, 0.5) is 4.39 Å². The zero-order chi connectivity index (χ0) is 14.4. The molecular weight excluding hydrogens is 310 g/mol. The fourth-order valence-corrected chi connectivity index (χ4v) is 3.08. The Morgan fingerprint density at radius 3 is 2.67 bits per heavy atom. The number of piperazine rings is 1. The molecule has 1 fully saturated rings. The lowest BCUT2D eigenvalue weighted by atomic mass is 9.97. The summed E-state index contributed by atoms with van der Waals surface area (Å²) in [5.41, 5.74) is 0.760. The van der Waals surface area contributed by atoms with Gasteiger partial charge in [0.15, 0.2) is 0 Å². The van der Waals surface area contributed by atoms with E-state index in [1.807, 2.05) is 12.1 Å². The molecule has 1 aliphatic rings. The molecule has 0 saturated carbocycles. The van der Waals surface area contributed by atoms with Crippen LogP contribution in [0.2, 0.25) is 5.02 Å². The molecule has 0 radical (unpaired) electrons. The van der Waals surface area contributed by atoms with Gasteiger partial charge in [-0.25, -0.2) is 4.39 Å². The molecule has 2 rings (SSSR count). The van der Waals surface area contributed by atoms with Gasteiger partial charge >= 0.3 is 0 Å². The highest BCUT2D eigenvalue weighted by atomic mass is 35.5. The van der Waals surface area contributed by atoms with Crippen LogP contribution in [0.15, 0.2) is 18.2 Å². The summed E-state index contributed by atoms with van der Waals surface area (Å²) in [5, 5.41) is 3.59. The number of nitrogens with zero attached hydrogens (tertiary/aromatic N) is 1. The van der Waals surface area contributed by atoms with Gasteiger partial charge in [-0.3, -0.25) is 4.90 Å². The average molecular weight is 335 g/mol. The van der Waals surface area contributed by atoms with Gasteiger partial charge in [-0.15, -0.1) is 12.4 Å². The van der Waals surface area contributed by atoms with E-state index in [1.165, 1.54) is 12.8 Å². The first kappa shape index (κ1) is 18.7. The minimum absolute atomic E-state index is 0. The highest BCUT2D eigenvalue weighted by Crippen LogP contribution is 2.31. The zero-order valence-corrected chi connectivity index (χ0v) is 14.2. The molecule has 0 unspecified atom stereocenters. The smallest absolute Gasteiger partial charge is 0.146 e. The van der Waals surface area contributed by atoms with E-state index in [9.17, 15) is 4.39 Å². The van der Waals surface area contributed by atoms with Crippen LogP contribution in [-0.4, -0.2) is 31.1 Å². The van der Waals surface area contributed by atoms with Gasteiger partial charge in [0.2, 0.25) is 0 Å². The zero-order valence-electron chi connectivity index (χ0n) is 12.6. The molecule has 2 nitrogen and oxygen atoms in total. The monoisotopic (exact) mass is 334 g/mol. The van der Waals surface area contributed by atoms with E-state index in [1.54, 1.807) is 6.07 Å². The molecule has 0 spiro atoms. The van der Waals surface area contributed by atoms with Crippen LogP contribution in [0.1, 0.15) is 44.2 Å². The van der Waals surface area contributed by atoms with Gasteiger partial charge in [0, 0.05) is 37.8 Å². The Morgan fingerprint density at radius 1 is 1.29 bits per heavy atom. The molecule has 1 N–H and O–H groups in total. The van der Waals surface area contributed by atoms with Crippen LogP contribution in [0.5, 0.6) is 0 Å². The van der Waals surface area contributed by atoms with E-state index in [0.29, 0.717) is 0 Å². The highest BCUT2D eigenvalue weighted by molar-refractivity contribution is 6.30. The van der Waals surface area contributed by atoms with Crippen molar-refractivity contribution in [1.82, 2.24) is 10.2 Å². The summed E-state index contributed by atoms with van der Waals surface area (Å²) in [6.45, 7) is 6.10. The van der Waals surface area contributed by atoms with Crippen molar-refractivity contribution in [2.75, 3.05) is 26.2 Å². The number of hydrogen-bond donors (Lipinski definition) is 1. The van der Waals surface area contributed by atoms with Gasteiger partial charge in [0.05, 0.1) is 5.02 Å². The van der Waals surface area contributed by atoms with Crippen molar-refractivity contribution < 1.29 is 4.39 Å². The summed E-state index contributed by atoms with van der Waals surface area (Å²) in [7, 11) is 0. The second-order valence-corrected chi connectivity index (χ2v) is 5.85. The standard InChI is InChI=1S/C16H24ClFN2.ClH/c1-2-3-4-8-15(20-11-9-19-10-12-20)13-6-5-7-14(17)16(13)18;/h5-7,15,19H,2-4,8-12H2,1H3;1H/t15-;/m1./s1. The van der Waals surface area contributed by atoms with Crippen LogP contribution in [-0.2, 0) is 0 Å². The van der Waals surface area contributed by atoms with Gasteiger partial charge < -0.3 is 5.32 Å². The van der Waals surface area contributed by atoms with Crippen molar-refractivity contribution in [1.29, 1.82) is 0 Å². The molecule has 0 amide bonds. The molecule has 21 heavy (non-hydrogen) atoms. The van der Waals surface area contributed by atoms with Crippen LogP contribution >= 0.6 is 24.0 Å². The minimum atomic E-state index is -0.241. The van der Waals surface area contributed by atoms with E-state index in [2.05, 4.69) is 17.1 Å².